The molecule has 0 aromatic carbocycles. The van der Waals surface area contributed by atoms with E-state index in [4.69, 9.17) is 0 Å². The Labute approximate surface area is 66.4 Å². The summed E-state index contributed by atoms with van der Waals surface area (Å²) < 4.78 is 0. The van der Waals surface area contributed by atoms with Crippen molar-refractivity contribution in [1.82, 2.24) is 12.3 Å². The van der Waals surface area contributed by atoms with Gasteiger partial charge in [0.2, 0.25) is 0 Å². The zero-order valence-corrected chi connectivity index (χ0v) is 6.69. The summed E-state index contributed by atoms with van der Waals surface area (Å²) >= 11 is 0. The molecule has 0 aromatic heterocycles. The third-order valence-electron chi connectivity index (χ3n) is 0. The standard InChI is InChI=1S/2BrH.2N.Pd/h2*1H;;;/q;;;;+2/p-2. The summed E-state index contributed by atoms with van der Waals surface area (Å²) in [5, 5.41) is 0. The molecule has 0 saturated heterocycles. The summed E-state index contributed by atoms with van der Waals surface area (Å²) in [5.41, 5.74) is 0. The van der Waals surface area contributed by atoms with E-state index in [2.05, 4.69) is 0 Å². The molecule has 5 heteroatoms. The molecule has 0 bridgehead atoms. The Bertz CT molecular complexity index is 7.61. The largest absolute Gasteiger partial charge is 2.00 e. The quantitative estimate of drug-likeness (QED) is 0.399. The van der Waals surface area contributed by atoms with Crippen molar-refractivity contribution >= 4 is 0 Å². The minimum atomic E-state index is 0. The van der Waals surface area contributed by atoms with Gasteiger partial charge in [0.05, 0.1) is 0 Å². The zero-order valence-electron chi connectivity index (χ0n) is 1.97. The second kappa shape index (κ2) is 48.1. The SMILES string of the molecule is [Br-].[Br-].[N].[N].[Pd+2]. The van der Waals surface area contributed by atoms with Gasteiger partial charge in [0, 0.05) is 12.3 Å². The fourth-order valence-corrected chi connectivity index (χ4v) is 0. The molecule has 0 heterocycles. The molecule has 0 N–H and O–H groups in total. The van der Waals surface area contributed by atoms with Crippen LogP contribution in [0.2, 0.25) is 0 Å². The molecule has 0 unspecified atom stereocenters. The number of halogens is 2. The summed E-state index contributed by atoms with van der Waals surface area (Å²) in [6.45, 7) is 0. The van der Waals surface area contributed by atoms with E-state index in [0.29, 0.717) is 0 Å². The van der Waals surface area contributed by atoms with Crippen LogP contribution < -0.4 is 46.3 Å². The fraction of sp³-hybridized carbons (Fsp3) is 0. The van der Waals surface area contributed by atoms with Crippen LogP contribution in [0.25, 0.3) is 0 Å². The average Bonchev–Trinajstić information content (AvgIpc) is 0. The Morgan fingerprint density at radius 1 is 0.600 bits per heavy atom. The zero-order chi connectivity index (χ0) is 0. The van der Waals surface area contributed by atoms with Gasteiger partial charge in [0.15, 0.2) is 0 Å². The Balaban J connectivity index is 0. The van der Waals surface area contributed by atoms with E-state index in [9.17, 15) is 0 Å². The first-order valence-electron chi connectivity index (χ1n) is 0. The van der Waals surface area contributed by atoms with E-state index in [1.165, 1.54) is 0 Å². The van der Waals surface area contributed by atoms with Crippen LogP contribution in [0.3, 0.4) is 0 Å². The van der Waals surface area contributed by atoms with Crippen LogP contribution in [0.1, 0.15) is 0 Å². The number of hydrogen-bond acceptors (Lipinski definition) is 0. The Hall–Kier alpha value is 1.54. The van der Waals surface area contributed by atoms with Gasteiger partial charge in [-0.2, -0.15) is 0 Å². The maximum Gasteiger partial charge on any atom is 2.00 e. The van der Waals surface area contributed by atoms with Crippen molar-refractivity contribution in [3.05, 3.63) is 0 Å². The molecule has 0 aromatic rings. The maximum atomic E-state index is 0. The van der Waals surface area contributed by atoms with Crippen LogP contribution in [-0.4, -0.2) is 0 Å². The molecule has 0 fully saturated rings. The van der Waals surface area contributed by atoms with Gasteiger partial charge in [-0.15, -0.1) is 0 Å². The van der Waals surface area contributed by atoms with Gasteiger partial charge in [0.1, 0.15) is 0 Å². The van der Waals surface area contributed by atoms with Crippen molar-refractivity contribution in [2.24, 2.45) is 0 Å². The van der Waals surface area contributed by atoms with E-state index in [-0.39, 0.29) is 66.7 Å². The van der Waals surface area contributed by atoms with Crippen molar-refractivity contribution in [3.63, 3.8) is 0 Å². The van der Waals surface area contributed by atoms with Crippen LogP contribution in [0.5, 0.6) is 0 Å². The van der Waals surface area contributed by atoms with Crippen molar-refractivity contribution in [2.75, 3.05) is 0 Å². The molecule has 2 nitrogen and oxygen atoms in total. The second-order valence-electron chi connectivity index (χ2n) is 0. The summed E-state index contributed by atoms with van der Waals surface area (Å²) in [6, 6.07) is 0. The maximum absolute atomic E-state index is 0. The normalized spacial score (nSPS) is 0. The van der Waals surface area contributed by atoms with Crippen LogP contribution >= 0.6 is 0 Å². The van der Waals surface area contributed by atoms with Gasteiger partial charge in [-0.25, -0.2) is 0 Å². The van der Waals surface area contributed by atoms with Gasteiger partial charge in [0.25, 0.3) is 0 Å². The Morgan fingerprint density at radius 2 is 0.600 bits per heavy atom. The van der Waals surface area contributed by atoms with Crippen molar-refractivity contribution in [1.29, 1.82) is 0 Å². The summed E-state index contributed by atoms with van der Waals surface area (Å²) in [5.74, 6) is 0. The molecule has 0 rings (SSSR count). The molecule has 5 heavy (non-hydrogen) atoms. The van der Waals surface area contributed by atoms with Gasteiger partial charge in [-0.3, -0.25) is 0 Å². The van der Waals surface area contributed by atoms with Crippen molar-refractivity contribution in [2.45, 2.75) is 0 Å². The molecule has 0 amide bonds. The second-order valence-corrected chi connectivity index (χ2v) is 0. The number of rotatable bonds is 0. The third-order valence-corrected chi connectivity index (χ3v) is 0. The first kappa shape index (κ1) is 84.5. The number of hydrogen-bond donors (Lipinski definition) is 0. The molecular formula is Br2N2Pd. The van der Waals surface area contributed by atoms with Crippen molar-refractivity contribution in [3.8, 4) is 0 Å². The summed E-state index contributed by atoms with van der Waals surface area (Å²) in [7, 11) is 0. The van der Waals surface area contributed by atoms with Crippen LogP contribution in [0.15, 0.2) is 0 Å². The van der Waals surface area contributed by atoms with Crippen LogP contribution in [0, 0.1) is 0 Å². The molecule has 0 spiro atoms. The third kappa shape index (κ3) is 29.2. The van der Waals surface area contributed by atoms with E-state index in [1.807, 2.05) is 0 Å². The van der Waals surface area contributed by atoms with Crippen LogP contribution in [0.4, 0.5) is 0 Å². The van der Waals surface area contributed by atoms with Crippen LogP contribution in [-0.2, 0) is 20.4 Å². The molecule has 0 aliphatic heterocycles. The van der Waals surface area contributed by atoms with Crippen molar-refractivity contribution < 1.29 is 54.4 Å². The number of nitrogens with zero attached hydrogens (tertiary/aromatic N) is 2. The topological polar surface area (TPSA) is 61.0 Å². The predicted octanol–water partition coefficient (Wildman–Crippen LogP) is -6.96. The van der Waals surface area contributed by atoms with Gasteiger partial charge < -0.3 is 34.0 Å². The van der Waals surface area contributed by atoms with E-state index < -0.39 is 0 Å². The molecule has 0 aliphatic carbocycles. The van der Waals surface area contributed by atoms with Gasteiger partial charge in [-0.1, -0.05) is 0 Å². The summed E-state index contributed by atoms with van der Waals surface area (Å²) in [6.07, 6.45) is 0. The predicted molar refractivity (Wildman–Crippen MR) is 4.27 cm³/mol. The molecule has 0 atom stereocenters. The monoisotopic (exact) mass is 292 g/mol. The Morgan fingerprint density at radius 3 is 0.600 bits per heavy atom. The molecule has 34 valence electrons. The molecule has 0 aliphatic rings. The van der Waals surface area contributed by atoms with E-state index in [1.54, 1.807) is 0 Å². The average molecular weight is 294 g/mol. The van der Waals surface area contributed by atoms with Gasteiger partial charge >= 0.3 is 20.4 Å². The smallest absolute Gasteiger partial charge is 1.00 e. The molecular weight excluding hydrogens is 294 g/mol. The summed E-state index contributed by atoms with van der Waals surface area (Å²) in [4.78, 5) is 0. The molecule has 6 radical (unpaired) electrons. The first-order valence-corrected chi connectivity index (χ1v) is 0. The van der Waals surface area contributed by atoms with E-state index >= 15 is 0 Å². The minimum absolute atomic E-state index is 0. The Kier molecular flexibility index (Phi) is 812. The molecule has 0 saturated carbocycles. The van der Waals surface area contributed by atoms with E-state index in [0.717, 1.165) is 0 Å². The minimum Gasteiger partial charge on any atom is -1.00 e. The van der Waals surface area contributed by atoms with Gasteiger partial charge in [-0.05, 0) is 0 Å². The first-order chi connectivity index (χ1) is 0. The fourth-order valence-electron chi connectivity index (χ4n) is 0.